The van der Waals surface area contributed by atoms with E-state index in [-0.39, 0.29) is 0 Å². The molecule has 0 aliphatic heterocycles. The van der Waals surface area contributed by atoms with Crippen LogP contribution in [0.4, 0.5) is 0 Å². The van der Waals surface area contributed by atoms with Gasteiger partial charge in [-0.25, -0.2) is 0 Å². The summed E-state index contributed by atoms with van der Waals surface area (Å²) in [7, 11) is 0. The third-order valence-corrected chi connectivity index (χ3v) is 3.32. The van der Waals surface area contributed by atoms with Crippen LogP contribution in [0.2, 0.25) is 0 Å². The van der Waals surface area contributed by atoms with Crippen LogP contribution in [-0.2, 0) is 0 Å². The Balaban J connectivity index is 4.18. The lowest BCUT2D eigenvalue weighted by Gasteiger charge is -2.17. The van der Waals surface area contributed by atoms with Crippen LogP contribution in [0.15, 0.2) is 24.3 Å². The topological polar surface area (TPSA) is 0 Å². The molecule has 12 heavy (non-hydrogen) atoms. The highest BCUT2D eigenvalue weighted by atomic mass is 35.5. The minimum absolute atomic E-state index is 0.299. The summed E-state index contributed by atoms with van der Waals surface area (Å²) in [4.78, 5) is 0. The summed E-state index contributed by atoms with van der Waals surface area (Å²) in [5, 5.41) is -0.786. The number of rotatable bonds is 5. The Bertz CT molecular complexity index is 156. The summed E-state index contributed by atoms with van der Waals surface area (Å²) in [6.07, 6.45) is 0. The van der Waals surface area contributed by atoms with Gasteiger partial charge < -0.3 is 0 Å². The summed E-state index contributed by atoms with van der Waals surface area (Å²) in [5.41, 5.74) is 1.37. The van der Waals surface area contributed by atoms with Crippen LogP contribution in [0.25, 0.3) is 0 Å². The molecule has 0 aromatic heterocycles. The molecule has 0 aromatic rings. The highest BCUT2D eigenvalue weighted by Crippen LogP contribution is 2.24. The molecule has 0 radical (unpaired) electrons. The monoisotopic (exact) mass is 246 g/mol. The van der Waals surface area contributed by atoms with Crippen LogP contribution in [0.5, 0.6) is 0 Å². The van der Waals surface area contributed by atoms with E-state index in [4.69, 9.17) is 46.4 Å². The standard InChI is InChI=1S/C8H10Cl4/c1-5(3-9)7(11)8(12)6(2)4-10/h7-8H,1-4H2. The van der Waals surface area contributed by atoms with Crippen molar-refractivity contribution in [2.24, 2.45) is 0 Å². The smallest absolute Gasteiger partial charge is 0.0756 e. The molecule has 0 fully saturated rings. The molecule has 0 heterocycles. The Morgan fingerprint density at radius 3 is 1.33 bits per heavy atom. The van der Waals surface area contributed by atoms with Gasteiger partial charge in [0.1, 0.15) is 0 Å². The van der Waals surface area contributed by atoms with E-state index in [1.807, 2.05) is 0 Å². The van der Waals surface area contributed by atoms with Gasteiger partial charge in [-0.15, -0.1) is 46.4 Å². The van der Waals surface area contributed by atoms with E-state index in [2.05, 4.69) is 13.2 Å². The molecule has 0 aliphatic carbocycles. The van der Waals surface area contributed by atoms with Gasteiger partial charge >= 0.3 is 0 Å². The SMILES string of the molecule is C=C(CCl)C(Cl)C(Cl)C(=C)CCl. The zero-order valence-corrected chi connectivity index (χ0v) is 9.52. The first-order chi connectivity index (χ1) is 5.54. The summed E-state index contributed by atoms with van der Waals surface area (Å²) in [6.45, 7) is 7.36. The molecule has 0 aliphatic rings. The quantitative estimate of drug-likeness (QED) is 0.512. The maximum atomic E-state index is 5.92. The predicted octanol–water partition coefficient (Wildman–Crippen LogP) is 3.79. The minimum atomic E-state index is -0.393. The van der Waals surface area contributed by atoms with Gasteiger partial charge in [0.2, 0.25) is 0 Å². The van der Waals surface area contributed by atoms with Crippen molar-refractivity contribution in [2.45, 2.75) is 10.8 Å². The summed E-state index contributed by atoms with van der Waals surface area (Å²) in [6, 6.07) is 0. The molecule has 0 bridgehead atoms. The van der Waals surface area contributed by atoms with Crippen molar-refractivity contribution in [1.29, 1.82) is 0 Å². The van der Waals surface area contributed by atoms with E-state index in [9.17, 15) is 0 Å². The van der Waals surface area contributed by atoms with Crippen LogP contribution >= 0.6 is 46.4 Å². The molecular formula is C8H10Cl4. The Morgan fingerprint density at radius 2 is 1.17 bits per heavy atom. The van der Waals surface area contributed by atoms with Gasteiger partial charge in [-0.2, -0.15) is 0 Å². The molecule has 0 rings (SSSR count). The molecule has 0 saturated carbocycles. The second kappa shape index (κ2) is 6.15. The van der Waals surface area contributed by atoms with Crippen molar-refractivity contribution in [3.8, 4) is 0 Å². The second-order valence-electron chi connectivity index (χ2n) is 2.39. The summed E-state index contributed by atoms with van der Waals surface area (Å²) >= 11 is 22.9. The van der Waals surface area contributed by atoms with E-state index in [0.29, 0.717) is 22.9 Å². The van der Waals surface area contributed by atoms with Crippen molar-refractivity contribution >= 4 is 46.4 Å². The van der Waals surface area contributed by atoms with Gasteiger partial charge in [-0.1, -0.05) is 13.2 Å². The van der Waals surface area contributed by atoms with Gasteiger partial charge in [0, 0.05) is 11.8 Å². The van der Waals surface area contributed by atoms with Crippen LogP contribution in [-0.4, -0.2) is 22.5 Å². The molecule has 0 amide bonds. The van der Waals surface area contributed by atoms with E-state index in [1.165, 1.54) is 0 Å². The number of allylic oxidation sites excluding steroid dienone is 2. The minimum Gasteiger partial charge on any atom is -0.122 e. The molecule has 2 atom stereocenters. The van der Waals surface area contributed by atoms with Crippen LogP contribution in [0.3, 0.4) is 0 Å². The van der Waals surface area contributed by atoms with E-state index in [0.717, 1.165) is 0 Å². The third-order valence-electron chi connectivity index (χ3n) is 1.38. The van der Waals surface area contributed by atoms with E-state index >= 15 is 0 Å². The number of alkyl halides is 4. The fourth-order valence-corrected chi connectivity index (χ4v) is 1.56. The fraction of sp³-hybridized carbons (Fsp3) is 0.500. The first-order valence-electron chi connectivity index (χ1n) is 3.30. The summed E-state index contributed by atoms with van der Waals surface area (Å²) < 4.78 is 0. The summed E-state index contributed by atoms with van der Waals surface area (Å²) in [5.74, 6) is 0.597. The molecule has 70 valence electrons. The van der Waals surface area contributed by atoms with Crippen molar-refractivity contribution in [3.05, 3.63) is 24.3 Å². The molecule has 0 aromatic carbocycles. The molecular weight excluding hydrogens is 238 g/mol. The Morgan fingerprint density at radius 1 is 0.917 bits per heavy atom. The van der Waals surface area contributed by atoms with Gasteiger partial charge in [-0.3, -0.25) is 0 Å². The average Bonchev–Trinajstić information content (AvgIpc) is 2.12. The maximum absolute atomic E-state index is 5.92. The lowest BCUT2D eigenvalue weighted by molar-refractivity contribution is 0.953. The predicted molar refractivity (Wildman–Crippen MR) is 59.0 cm³/mol. The van der Waals surface area contributed by atoms with Gasteiger partial charge in [-0.05, 0) is 11.1 Å². The number of halogens is 4. The van der Waals surface area contributed by atoms with Crippen molar-refractivity contribution in [1.82, 2.24) is 0 Å². The highest BCUT2D eigenvalue weighted by Gasteiger charge is 2.21. The van der Waals surface area contributed by atoms with Crippen LogP contribution in [0, 0.1) is 0 Å². The first kappa shape index (κ1) is 12.6. The van der Waals surface area contributed by atoms with E-state index < -0.39 is 10.8 Å². The number of hydrogen-bond acceptors (Lipinski definition) is 0. The third kappa shape index (κ3) is 3.57. The Kier molecular flexibility index (Phi) is 6.48. The number of hydrogen-bond donors (Lipinski definition) is 0. The van der Waals surface area contributed by atoms with Crippen LogP contribution in [0.1, 0.15) is 0 Å². The lowest BCUT2D eigenvalue weighted by atomic mass is 10.1. The van der Waals surface area contributed by atoms with Gasteiger partial charge in [0.15, 0.2) is 0 Å². The van der Waals surface area contributed by atoms with Crippen molar-refractivity contribution < 1.29 is 0 Å². The van der Waals surface area contributed by atoms with Crippen LogP contribution < -0.4 is 0 Å². The molecule has 0 spiro atoms. The Hall–Kier alpha value is 0.640. The van der Waals surface area contributed by atoms with Gasteiger partial charge in [0.05, 0.1) is 10.8 Å². The fourth-order valence-electron chi connectivity index (χ4n) is 0.561. The van der Waals surface area contributed by atoms with Crippen molar-refractivity contribution in [3.63, 3.8) is 0 Å². The lowest BCUT2D eigenvalue weighted by Crippen LogP contribution is -2.20. The Labute approximate surface area is 93.1 Å². The largest absolute Gasteiger partial charge is 0.122 e. The molecule has 0 saturated heterocycles. The molecule has 2 unspecified atom stereocenters. The maximum Gasteiger partial charge on any atom is 0.0756 e. The van der Waals surface area contributed by atoms with E-state index in [1.54, 1.807) is 0 Å². The molecule has 0 nitrogen and oxygen atoms in total. The zero-order chi connectivity index (χ0) is 9.72. The normalized spacial score (nSPS) is 15.3. The second-order valence-corrected chi connectivity index (χ2v) is 3.86. The first-order valence-corrected chi connectivity index (χ1v) is 5.24. The molecule has 0 N–H and O–H groups in total. The highest BCUT2D eigenvalue weighted by molar-refractivity contribution is 6.34. The molecule has 4 heteroatoms. The average molecular weight is 248 g/mol. The van der Waals surface area contributed by atoms with Crippen molar-refractivity contribution in [2.75, 3.05) is 11.8 Å². The van der Waals surface area contributed by atoms with Gasteiger partial charge in [0.25, 0.3) is 0 Å². The zero-order valence-electron chi connectivity index (χ0n) is 6.49.